The van der Waals surface area contributed by atoms with Gasteiger partial charge < -0.3 is 10.2 Å². The minimum Gasteiger partial charge on any atom is -0.354 e. The Morgan fingerprint density at radius 2 is 1.90 bits per heavy atom. The van der Waals surface area contributed by atoms with Gasteiger partial charge in [0.15, 0.2) is 0 Å². The summed E-state index contributed by atoms with van der Waals surface area (Å²) < 4.78 is 0. The van der Waals surface area contributed by atoms with Crippen LogP contribution in [0, 0.1) is 17.0 Å². The van der Waals surface area contributed by atoms with Gasteiger partial charge in [-0.05, 0) is 25.8 Å². The molecule has 2 aromatic rings. The predicted molar refractivity (Wildman–Crippen MR) is 111 cm³/mol. The van der Waals surface area contributed by atoms with Crippen molar-refractivity contribution in [1.29, 1.82) is 0 Å². The lowest BCUT2D eigenvalue weighted by atomic mass is 10.1. The van der Waals surface area contributed by atoms with Crippen molar-refractivity contribution in [3.8, 4) is 0 Å². The molecular formula is C22H27N3O4. The van der Waals surface area contributed by atoms with Gasteiger partial charge in [-0.3, -0.25) is 19.7 Å². The van der Waals surface area contributed by atoms with E-state index in [9.17, 15) is 19.7 Å². The number of hydrogen-bond donors (Lipinski definition) is 1. The van der Waals surface area contributed by atoms with Crippen LogP contribution in [0.2, 0.25) is 0 Å². The smallest absolute Gasteiger partial charge is 0.273 e. The van der Waals surface area contributed by atoms with Crippen LogP contribution in [-0.4, -0.2) is 34.2 Å². The average Bonchev–Trinajstić information content (AvgIpc) is 2.69. The van der Waals surface area contributed by atoms with E-state index in [1.165, 1.54) is 11.0 Å². The van der Waals surface area contributed by atoms with Gasteiger partial charge in [0.1, 0.15) is 6.04 Å². The normalized spacial score (nSPS) is 11.6. The molecule has 2 amide bonds. The first kappa shape index (κ1) is 22.1. The van der Waals surface area contributed by atoms with Gasteiger partial charge in [0.05, 0.1) is 11.3 Å². The fourth-order valence-corrected chi connectivity index (χ4v) is 3.09. The van der Waals surface area contributed by atoms with E-state index in [2.05, 4.69) is 5.32 Å². The second kappa shape index (κ2) is 10.4. The molecule has 154 valence electrons. The van der Waals surface area contributed by atoms with Gasteiger partial charge in [0.2, 0.25) is 11.8 Å². The third-order valence-corrected chi connectivity index (χ3v) is 4.68. The van der Waals surface area contributed by atoms with Gasteiger partial charge >= 0.3 is 0 Å². The molecule has 7 nitrogen and oxygen atoms in total. The van der Waals surface area contributed by atoms with Gasteiger partial charge in [-0.1, -0.05) is 55.0 Å². The Hall–Kier alpha value is -3.22. The van der Waals surface area contributed by atoms with Crippen molar-refractivity contribution in [3.05, 3.63) is 75.3 Å². The molecule has 0 heterocycles. The average molecular weight is 397 g/mol. The Bertz CT molecular complexity index is 882. The third kappa shape index (κ3) is 6.14. The van der Waals surface area contributed by atoms with Crippen LogP contribution in [0.15, 0.2) is 48.5 Å². The molecule has 0 bridgehead atoms. The number of nitro groups is 1. The van der Waals surface area contributed by atoms with Crippen molar-refractivity contribution in [2.75, 3.05) is 6.54 Å². The predicted octanol–water partition coefficient (Wildman–Crippen LogP) is 3.39. The van der Waals surface area contributed by atoms with Crippen molar-refractivity contribution >= 4 is 17.5 Å². The molecule has 0 saturated carbocycles. The first-order chi connectivity index (χ1) is 13.8. The summed E-state index contributed by atoms with van der Waals surface area (Å²) in [4.78, 5) is 37.9. The van der Waals surface area contributed by atoms with Gasteiger partial charge in [0.25, 0.3) is 5.69 Å². The molecule has 7 heteroatoms. The van der Waals surface area contributed by atoms with E-state index in [0.29, 0.717) is 12.1 Å². The van der Waals surface area contributed by atoms with Crippen LogP contribution < -0.4 is 5.32 Å². The monoisotopic (exact) mass is 397 g/mol. The highest BCUT2D eigenvalue weighted by atomic mass is 16.6. The van der Waals surface area contributed by atoms with Gasteiger partial charge in [-0.2, -0.15) is 0 Å². The first-order valence-corrected chi connectivity index (χ1v) is 9.68. The van der Waals surface area contributed by atoms with E-state index in [-0.39, 0.29) is 30.5 Å². The SMILES string of the molecule is CCCNC(=O)[C@@H](C)N(Cc1cccc(C)c1)C(=O)Cc1ccccc1[N+](=O)[O-]. The van der Waals surface area contributed by atoms with E-state index in [4.69, 9.17) is 0 Å². The van der Waals surface area contributed by atoms with Crippen LogP contribution in [-0.2, 0) is 22.6 Å². The van der Waals surface area contributed by atoms with Crippen LogP contribution >= 0.6 is 0 Å². The number of rotatable bonds is 9. The van der Waals surface area contributed by atoms with Gasteiger partial charge in [-0.15, -0.1) is 0 Å². The summed E-state index contributed by atoms with van der Waals surface area (Å²) in [5.41, 5.74) is 2.19. The summed E-state index contributed by atoms with van der Waals surface area (Å²) >= 11 is 0. The van der Waals surface area contributed by atoms with Crippen LogP contribution in [0.5, 0.6) is 0 Å². The molecule has 0 aliphatic carbocycles. The summed E-state index contributed by atoms with van der Waals surface area (Å²) in [5, 5.41) is 14.1. The Kier molecular flexibility index (Phi) is 7.88. The summed E-state index contributed by atoms with van der Waals surface area (Å²) in [6.07, 6.45) is 0.648. The number of amides is 2. The molecule has 0 aromatic heterocycles. The number of benzene rings is 2. The minimum absolute atomic E-state index is 0.0977. The molecule has 0 radical (unpaired) electrons. The minimum atomic E-state index is -0.697. The summed E-state index contributed by atoms with van der Waals surface area (Å²) in [6, 6.07) is 13.2. The van der Waals surface area contributed by atoms with Crippen molar-refractivity contribution in [1.82, 2.24) is 10.2 Å². The fraction of sp³-hybridized carbons (Fsp3) is 0.364. The third-order valence-electron chi connectivity index (χ3n) is 4.68. The Labute approximate surface area is 170 Å². The zero-order valence-electron chi connectivity index (χ0n) is 17.1. The topological polar surface area (TPSA) is 92.6 Å². The second-order valence-corrected chi connectivity index (χ2v) is 7.04. The zero-order valence-corrected chi connectivity index (χ0v) is 17.1. The number of nitrogens with zero attached hydrogens (tertiary/aromatic N) is 2. The maximum Gasteiger partial charge on any atom is 0.273 e. The number of carbonyl (C=O) groups excluding carboxylic acids is 2. The van der Waals surface area contributed by atoms with E-state index in [1.54, 1.807) is 25.1 Å². The van der Waals surface area contributed by atoms with Crippen molar-refractivity contribution in [2.45, 2.75) is 46.2 Å². The number of carbonyl (C=O) groups is 2. The van der Waals surface area contributed by atoms with Crippen molar-refractivity contribution in [2.24, 2.45) is 0 Å². The van der Waals surface area contributed by atoms with Crippen LogP contribution in [0.25, 0.3) is 0 Å². The lowest BCUT2D eigenvalue weighted by Gasteiger charge is -2.29. The fourth-order valence-electron chi connectivity index (χ4n) is 3.09. The second-order valence-electron chi connectivity index (χ2n) is 7.04. The molecule has 0 unspecified atom stereocenters. The van der Waals surface area contributed by atoms with E-state index in [1.807, 2.05) is 38.1 Å². The molecule has 1 N–H and O–H groups in total. The highest BCUT2D eigenvalue weighted by Crippen LogP contribution is 2.20. The summed E-state index contributed by atoms with van der Waals surface area (Å²) in [5.74, 6) is -0.574. The van der Waals surface area contributed by atoms with Crippen molar-refractivity contribution in [3.63, 3.8) is 0 Å². The molecular weight excluding hydrogens is 370 g/mol. The lowest BCUT2D eigenvalue weighted by Crippen LogP contribution is -2.48. The molecule has 2 rings (SSSR count). The standard InChI is InChI=1S/C22H27N3O4/c1-4-12-23-22(27)17(3)24(15-18-9-7-8-16(2)13-18)21(26)14-19-10-5-6-11-20(19)25(28)29/h5-11,13,17H,4,12,14-15H2,1-3H3,(H,23,27)/t17-/m1/s1. The zero-order chi connectivity index (χ0) is 21.4. The number of aryl methyl sites for hydroxylation is 1. The van der Waals surface area contributed by atoms with E-state index >= 15 is 0 Å². The molecule has 0 aliphatic rings. The number of hydrogen-bond acceptors (Lipinski definition) is 4. The van der Waals surface area contributed by atoms with Crippen LogP contribution in [0.4, 0.5) is 5.69 Å². The molecule has 0 aliphatic heterocycles. The highest BCUT2D eigenvalue weighted by molar-refractivity contribution is 5.88. The molecule has 29 heavy (non-hydrogen) atoms. The number of nitro benzene ring substituents is 1. The van der Waals surface area contributed by atoms with Gasteiger partial charge in [0, 0.05) is 24.7 Å². The lowest BCUT2D eigenvalue weighted by molar-refractivity contribution is -0.385. The van der Waals surface area contributed by atoms with Crippen LogP contribution in [0.1, 0.15) is 37.0 Å². The molecule has 1 atom stereocenters. The molecule has 2 aromatic carbocycles. The Morgan fingerprint density at radius 1 is 1.17 bits per heavy atom. The Morgan fingerprint density at radius 3 is 2.55 bits per heavy atom. The maximum atomic E-state index is 13.1. The van der Waals surface area contributed by atoms with E-state index in [0.717, 1.165) is 17.5 Å². The highest BCUT2D eigenvalue weighted by Gasteiger charge is 2.27. The quantitative estimate of drug-likeness (QED) is 0.518. The summed E-state index contributed by atoms with van der Waals surface area (Å²) in [7, 11) is 0. The maximum absolute atomic E-state index is 13.1. The number of para-hydroxylation sites is 1. The van der Waals surface area contributed by atoms with Gasteiger partial charge in [-0.25, -0.2) is 0 Å². The number of nitrogens with one attached hydrogen (secondary N) is 1. The van der Waals surface area contributed by atoms with Crippen LogP contribution in [0.3, 0.4) is 0 Å². The summed E-state index contributed by atoms with van der Waals surface area (Å²) in [6.45, 7) is 6.37. The van der Waals surface area contributed by atoms with Crippen molar-refractivity contribution < 1.29 is 14.5 Å². The molecule has 0 spiro atoms. The molecule has 0 saturated heterocycles. The first-order valence-electron chi connectivity index (χ1n) is 9.68. The van der Waals surface area contributed by atoms with E-state index < -0.39 is 11.0 Å². The Balaban J connectivity index is 2.29. The largest absolute Gasteiger partial charge is 0.354 e. The molecule has 0 fully saturated rings.